The summed E-state index contributed by atoms with van der Waals surface area (Å²) in [4.78, 5) is 0. The van der Waals surface area contributed by atoms with Crippen molar-refractivity contribution in [3.8, 4) is 17.9 Å². The highest BCUT2D eigenvalue weighted by molar-refractivity contribution is 5.66. The monoisotopic (exact) mass is 210 g/mol. The Labute approximate surface area is 93.9 Å². The van der Waals surface area contributed by atoms with Crippen LogP contribution < -0.4 is 0 Å². The van der Waals surface area contributed by atoms with Crippen LogP contribution in [0.1, 0.15) is 29.9 Å². The smallest absolute Gasteiger partial charge is 0.130 e. The Balaban J connectivity index is 2.33. The highest BCUT2D eigenvalue weighted by Gasteiger charge is 2.23. The molecule has 0 aromatic heterocycles. The van der Waals surface area contributed by atoms with Gasteiger partial charge in [0.25, 0.3) is 0 Å². The summed E-state index contributed by atoms with van der Waals surface area (Å²) in [5.41, 5.74) is 1.64. The minimum absolute atomic E-state index is 0.00512. The summed E-state index contributed by atoms with van der Waals surface area (Å²) in [6, 6.07) is 8.94. The van der Waals surface area contributed by atoms with Gasteiger partial charge < -0.3 is 5.11 Å². The predicted molar refractivity (Wildman–Crippen MR) is 59.3 cm³/mol. The molecular formula is C13H10N2O. The van der Waals surface area contributed by atoms with Crippen LogP contribution in [0.25, 0.3) is 6.08 Å². The van der Waals surface area contributed by atoms with E-state index in [1.54, 1.807) is 24.3 Å². The van der Waals surface area contributed by atoms with Crippen LogP contribution in [0.2, 0.25) is 0 Å². The first-order chi connectivity index (χ1) is 7.74. The van der Waals surface area contributed by atoms with Gasteiger partial charge in [-0.25, -0.2) is 0 Å². The number of allylic oxidation sites excluding steroid dienone is 1. The van der Waals surface area contributed by atoms with E-state index in [1.807, 2.05) is 6.07 Å². The quantitative estimate of drug-likeness (QED) is 0.763. The summed E-state index contributed by atoms with van der Waals surface area (Å²) in [7, 11) is 0. The summed E-state index contributed by atoms with van der Waals surface area (Å²) >= 11 is 0. The van der Waals surface area contributed by atoms with Crippen molar-refractivity contribution in [1.29, 1.82) is 10.5 Å². The van der Waals surface area contributed by atoms with Gasteiger partial charge in [-0.3, -0.25) is 0 Å². The Bertz CT molecular complexity index is 512. The fourth-order valence-electron chi connectivity index (χ4n) is 1.60. The van der Waals surface area contributed by atoms with Crippen molar-refractivity contribution in [2.75, 3.05) is 0 Å². The van der Waals surface area contributed by atoms with Gasteiger partial charge in [0.2, 0.25) is 0 Å². The summed E-state index contributed by atoms with van der Waals surface area (Å²) in [5.74, 6) is 0.711. The largest absolute Gasteiger partial charge is 0.507 e. The molecule has 1 aromatic rings. The number of rotatable bonds is 2. The van der Waals surface area contributed by atoms with Crippen LogP contribution in [-0.2, 0) is 0 Å². The van der Waals surface area contributed by atoms with Crippen molar-refractivity contribution in [3.63, 3.8) is 0 Å². The molecule has 1 fully saturated rings. The van der Waals surface area contributed by atoms with E-state index in [0.29, 0.717) is 11.5 Å². The van der Waals surface area contributed by atoms with Crippen molar-refractivity contribution < 1.29 is 5.11 Å². The number of aromatic hydroxyl groups is 1. The van der Waals surface area contributed by atoms with Gasteiger partial charge >= 0.3 is 0 Å². The van der Waals surface area contributed by atoms with Crippen LogP contribution in [0, 0.1) is 22.7 Å². The third-order valence-corrected chi connectivity index (χ3v) is 2.64. The average molecular weight is 210 g/mol. The number of hydrogen-bond acceptors (Lipinski definition) is 3. The van der Waals surface area contributed by atoms with Crippen molar-refractivity contribution in [2.24, 2.45) is 0 Å². The molecule has 1 saturated carbocycles. The zero-order chi connectivity index (χ0) is 11.5. The third-order valence-electron chi connectivity index (χ3n) is 2.64. The topological polar surface area (TPSA) is 67.8 Å². The molecule has 0 amide bonds. The highest BCUT2D eigenvalue weighted by atomic mass is 16.3. The molecule has 16 heavy (non-hydrogen) atoms. The second-order valence-electron chi connectivity index (χ2n) is 3.87. The Morgan fingerprint density at radius 3 is 2.50 bits per heavy atom. The standard InChI is InChI=1S/C13H10N2O/c14-7-9(8-15)5-12-4-3-11(6-13(12)16)10-1-2-10/h3-6,10,16H,1-2H2. The first kappa shape index (κ1) is 10.3. The summed E-state index contributed by atoms with van der Waals surface area (Å²) in [5, 5.41) is 27.0. The van der Waals surface area contributed by atoms with Gasteiger partial charge in [0.1, 0.15) is 23.5 Å². The number of phenolic OH excluding ortho intramolecular Hbond substituents is 1. The maximum absolute atomic E-state index is 9.74. The van der Waals surface area contributed by atoms with Crippen LogP contribution in [0.15, 0.2) is 23.8 Å². The van der Waals surface area contributed by atoms with E-state index >= 15 is 0 Å². The van der Waals surface area contributed by atoms with Gasteiger partial charge in [-0.1, -0.05) is 12.1 Å². The molecule has 2 rings (SSSR count). The molecule has 1 aliphatic rings. The molecule has 1 N–H and O–H groups in total. The van der Waals surface area contributed by atoms with Gasteiger partial charge in [0, 0.05) is 5.56 Å². The number of hydrogen-bond donors (Lipinski definition) is 1. The fraction of sp³-hybridized carbons (Fsp3) is 0.231. The molecule has 0 atom stereocenters. The first-order valence-corrected chi connectivity index (χ1v) is 5.09. The van der Waals surface area contributed by atoms with Gasteiger partial charge in [-0.2, -0.15) is 10.5 Å². The lowest BCUT2D eigenvalue weighted by Gasteiger charge is -2.02. The van der Waals surface area contributed by atoms with Crippen molar-refractivity contribution in [3.05, 3.63) is 34.9 Å². The molecule has 0 spiro atoms. The Kier molecular flexibility index (Phi) is 2.62. The Morgan fingerprint density at radius 2 is 2.00 bits per heavy atom. The minimum Gasteiger partial charge on any atom is -0.507 e. The van der Waals surface area contributed by atoms with Crippen LogP contribution in [0.3, 0.4) is 0 Å². The van der Waals surface area contributed by atoms with E-state index in [1.165, 1.54) is 18.9 Å². The van der Waals surface area contributed by atoms with E-state index in [4.69, 9.17) is 10.5 Å². The maximum Gasteiger partial charge on any atom is 0.130 e. The molecule has 1 aromatic carbocycles. The lowest BCUT2D eigenvalue weighted by Crippen LogP contribution is -1.82. The van der Waals surface area contributed by atoms with Crippen LogP contribution in [-0.4, -0.2) is 5.11 Å². The lowest BCUT2D eigenvalue weighted by molar-refractivity contribution is 0.473. The van der Waals surface area contributed by atoms with Gasteiger partial charge in [0.15, 0.2) is 0 Å². The van der Waals surface area contributed by atoms with E-state index in [-0.39, 0.29) is 11.3 Å². The highest BCUT2D eigenvalue weighted by Crippen LogP contribution is 2.41. The molecule has 3 nitrogen and oxygen atoms in total. The first-order valence-electron chi connectivity index (χ1n) is 5.09. The zero-order valence-electron chi connectivity index (χ0n) is 8.64. The van der Waals surface area contributed by atoms with Crippen molar-refractivity contribution >= 4 is 6.08 Å². The maximum atomic E-state index is 9.74. The van der Waals surface area contributed by atoms with Gasteiger partial charge in [0.05, 0.1) is 0 Å². The Hall–Kier alpha value is -2.26. The lowest BCUT2D eigenvalue weighted by atomic mass is 10.1. The summed E-state index contributed by atoms with van der Waals surface area (Å²) in [6.07, 6.45) is 3.75. The van der Waals surface area contributed by atoms with E-state index in [2.05, 4.69) is 0 Å². The van der Waals surface area contributed by atoms with Crippen molar-refractivity contribution in [1.82, 2.24) is 0 Å². The van der Waals surface area contributed by atoms with Crippen LogP contribution in [0.5, 0.6) is 5.75 Å². The summed E-state index contributed by atoms with van der Waals surface area (Å²) < 4.78 is 0. The molecule has 0 unspecified atom stereocenters. The fourth-order valence-corrected chi connectivity index (χ4v) is 1.60. The zero-order valence-corrected chi connectivity index (χ0v) is 8.64. The minimum atomic E-state index is -0.00512. The third kappa shape index (κ3) is 2.04. The van der Waals surface area contributed by atoms with Crippen LogP contribution >= 0.6 is 0 Å². The van der Waals surface area contributed by atoms with E-state index < -0.39 is 0 Å². The number of phenols is 1. The Morgan fingerprint density at radius 1 is 1.31 bits per heavy atom. The predicted octanol–water partition coefficient (Wildman–Crippen LogP) is 2.70. The molecule has 0 saturated heterocycles. The molecular weight excluding hydrogens is 200 g/mol. The van der Waals surface area contributed by atoms with Crippen LogP contribution in [0.4, 0.5) is 0 Å². The number of benzene rings is 1. The molecule has 3 heteroatoms. The van der Waals surface area contributed by atoms with Crippen molar-refractivity contribution in [2.45, 2.75) is 18.8 Å². The molecule has 0 bridgehead atoms. The summed E-state index contributed by atoms with van der Waals surface area (Å²) in [6.45, 7) is 0. The molecule has 78 valence electrons. The number of nitrogens with zero attached hydrogens (tertiary/aromatic N) is 2. The molecule has 1 aliphatic carbocycles. The molecule has 0 radical (unpaired) electrons. The molecule has 0 heterocycles. The van der Waals surface area contributed by atoms with Gasteiger partial charge in [-0.05, 0) is 36.5 Å². The normalized spacial score (nSPS) is 13.6. The average Bonchev–Trinajstić information content (AvgIpc) is 3.11. The second kappa shape index (κ2) is 4.08. The second-order valence-corrected chi connectivity index (χ2v) is 3.87. The number of nitriles is 2. The van der Waals surface area contributed by atoms with E-state index in [9.17, 15) is 5.11 Å². The van der Waals surface area contributed by atoms with E-state index in [0.717, 1.165) is 5.56 Å². The van der Waals surface area contributed by atoms with Gasteiger partial charge in [-0.15, -0.1) is 0 Å². The molecule has 0 aliphatic heterocycles. The SMILES string of the molecule is N#CC(C#N)=Cc1ccc(C2CC2)cc1O.